The highest BCUT2D eigenvalue weighted by molar-refractivity contribution is 7.98. The number of benzene rings is 2. The zero-order valence-electron chi connectivity index (χ0n) is 12.4. The Balaban J connectivity index is 2.06. The number of para-hydroxylation sites is 1. The number of nitro benzene ring substituents is 1. The third-order valence-electron chi connectivity index (χ3n) is 3.19. The molecule has 0 spiro atoms. The predicted molar refractivity (Wildman–Crippen MR) is 90.8 cm³/mol. The maximum Gasteiger partial charge on any atom is 0.273 e. The molecule has 0 aliphatic heterocycles. The SMILES string of the molecule is CSc1ccc(CNS(=O)(=O)Cc2ccccc2[N+](=O)[O-])cc1. The first-order chi connectivity index (χ1) is 10.9. The third-order valence-corrected chi connectivity index (χ3v) is 5.21. The third kappa shape index (κ3) is 5.05. The number of nitrogens with one attached hydrogen (secondary N) is 1. The van der Waals surface area contributed by atoms with Gasteiger partial charge in [0.25, 0.3) is 5.69 Å². The van der Waals surface area contributed by atoms with Crippen LogP contribution in [0, 0.1) is 10.1 Å². The smallest absolute Gasteiger partial charge is 0.258 e. The van der Waals surface area contributed by atoms with E-state index < -0.39 is 20.7 Å². The Kier molecular flexibility index (Phi) is 5.75. The summed E-state index contributed by atoms with van der Waals surface area (Å²) in [4.78, 5) is 11.5. The number of hydrogen-bond acceptors (Lipinski definition) is 5. The summed E-state index contributed by atoms with van der Waals surface area (Å²) in [6, 6.07) is 13.4. The molecule has 23 heavy (non-hydrogen) atoms. The summed E-state index contributed by atoms with van der Waals surface area (Å²) in [6.45, 7) is 0.150. The number of thioether (sulfide) groups is 1. The molecule has 1 N–H and O–H groups in total. The lowest BCUT2D eigenvalue weighted by molar-refractivity contribution is -0.385. The molecule has 0 saturated carbocycles. The molecule has 0 heterocycles. The van der Waals surface area contributed by atoms with Gasteiger partial charge in [-0.3, -0.25) is 10.1 Å². The van der Waals surface area contributed by atoms with E-state index in [0.29, 0.717) is 0 Å². The Bertz CT molecular complexity index is 789. The standard InChI is InChI=1S/C15H16N2O4S2/c1-22-14-8-6-12(7-9-14)10-16-23(20,21)11-13-4-2-3-5-15(13)17(18)19/h2-9,16H,10-11H2,1H3. The van der Waals surface area contributed by atoms with Gasteiger partial charge in [0.15, 0.2) is 0 Å². The van der Waals surface area contributed by atoms with Crippen molar-refractivity contribution in [3.63, 3.8) is 0 Å². The second-order valence-corrected chi connectivity index (χ2v) is 7.50. The lowest BCUT2D eigenvalue weighted by Crippen LogP contribution is -2.25. The maximum absolute atomic E-state index is 12.1. The molecule has 0 aromatic heterocycles. The highest BCUT2D eigenvalue weighted by atomic mass is 32.2. The van der Waals surface area contributed by atoms with Crippen molar-refractivity contribution >= 4 is 27.5 Å². The molecule has 0 radical (unpaired) electrons. The molecule has 8 heteroatoms. The van der Waals surface area contributed by atoms with Crippen LogP contribution in [-0.2, 0) is 22.3 Å². The lowest BCUT2D eigenvalue weighted by Gasteiger charge is -2.08. The van der Waals surface area contributed by atoms with Crippen LogP contribution in [0.1, 0.15) is 11.1 Å². The van der Waals surface area contributed by atoms with Crippen molar-refractivity contribution in [2.75, 3.05) is 6.26 Å². The Morgan fingerprint density at radius 3 is 2.39 bits per heavy atom. The zero-order chi connectivity index (χ0) is 16.9. The topological polar surface area (TPSA) is 89.3 Å². The molecular formula is C15H16N2O4S2. The summed E-state index contributed by atoms with van der Waals surface area (Å²) >= 11 is 1.60. The Morgan fingerprint density at radius 1 is 1.13 bits per heavy atom. The normalized spacial score (nSPS) is 11.3. The molecule has 0 atom stereocenters. The van der Waals surface area contributed by atoms with Crippen LogP contribution < -0.4 is 4.72 Å². The largest absolute Gasteiger partial charge is 0.273 e. The molecule has 0 saturated heterocycles. The number of sulfonamides is 1. The van der Waals surface area contributed by atoms with Gasteiger partial charge in [-0.25, -0.2) is 13.1 Å². The Morgan fingerprint density at radius 2 is 1.78 bits per heavy atom. The van der Waals surface area contributed by atoms with Gasteiger partial charge >= 0.3 is 0 Å². The fraction of sp³-hybridized carbons (Fsp3) is 0.200. The quantitative estimate of drug-likeness (QED) is 0.470. The van der Waals surface area contributed by atoms with Gasteiger partial charge in [-0.2, -0.15) is 0 Å². The van der Waals surface area contributed by atoms with Gasteiger partial charge < -0.3 is 0 Å². The molecule has 0 bridgehead atoms. The summed E-state index contributed by atoms with van der Waals surface area (Å²) in [5.41, 5.74) is 0.805. The fourth-order valence-electron chi connectivity index (χ4n) is 2.00. The second kappa shape index (κ2) is 7.58. The lowest BCUT2D eigenvalue weighted by atomic mass is 10.2. The number of rotatable bonds is 7. The van der Waals surface area contributed by atoms with Gasteiger partial charge in [0.1, 0.15) is 0 Å². The van der Waals surface area contributed by atoms with Crippen LogP contribution in [0.2, 0.25) is 0 Å². The van der Waals surface area contributed by atoms with Crippen LogP contribution in [0.15, 0.2) is 53.4 Å². The average Bonchev–Trinajstić information content (AvgIpc) is 2.53. The van der Waals surface area contributed by atoms with Gasteiger partial charge in [0, 0.05) is 23.1 Å². The molecule has 0 aliphatic rings. The highest BCUT2D eigenvalue weighted by Gasteiger charge is 2.19. The van der Waals surface area contributed by atoms with Gasteiger partial charge in [0.2, 0.25) is 10.0 Å². The first kappa shape index (κ1) is 17.5. The average molecular weight is 352 g/mol. The minimum Gasteiger partial charge on any atom is -0.258 e. The summed E-state index contributed by atoms with van der Waals surface area (Å²) in [6.07, 6.45) is 1.96. The van der Waals surface area contributed by atoms with Crippen molar-refractivity contribution in [3.05, 3.63) is 69.8 Å². The summed E-state index contributed by atoms with van der Waals surface area (Å²) in [5.74, 6) is -0.424. The molecule has 0 aliphatic carbocycles. The van der Waals surface area contributed by atoms with Crippen molar-refractivity contribution in [2.45, 2.75) is 17.2 Å². The Labute approximate surface area is 139 Å². The van der Waals surface area contributed by atoms with Crippen LogP contribution in [-0.4, -0.2) is 19.6 Å². The van der Waals surface area contributed by atoms with Crippen molar-refractivity contribution in [2.24, 2.45) is 0 Å². The van der Waals surface area contributed by atoms with Crippen molar-refractivity contribution < 1.29 is 13.3 Å². The van der Waals surface area contributed by atoms with Gasteiger partial charge in [-0.1, -0.05) is 30.3 Å². The van der Waals surface area contributed by atoms with E-state index >= 15 is 0 Å². The number of hydrogen-bond donors (Lipinski definition) is 1. The molecule has 0 amide bonds. The van der Waals surface area contributed by atoms with Gasteiger partial charge in [-0.15, -0.1) is 11.8 Å². The summed E-state index contributed by atoms with van der Waals surface area (Å²) in [7, 11) is -3.66. The van der Waals surface area contributed by atoms with E-state index in [4.69, 9.17) is 0 Å². The predicted octanol–water partition coefficient (Wildman–Crippen LogP) is 2.94. The fourth-order valence-corrected chi connectivity index (χ4v) is 3.55. The Hall–Kier alpha value is -1.90. The first-order valence-electron chi connectivity index (χ1n) is 6.74. The molecule has 2 aromatic rings. The molecule has 122 valence electrons. The van der Waals surface area contributed by atoms with E-state index in [9.17, 15) is 18.5 Å². The van der Waals surface area contributed by atoms with Crippen LogP contribution in [0.3, 0.4) is 0 Å². The molecule has 0 unspecified atom stereocenters. The van der Waals surface area contributed by atoms with Crippen LogP contribution in [0.4, 0.5) is 5.69 Å². The highest BCUT2D eigenvalue weighted by Crippen LogP contribution is 2.20. The van der Waals surface area contributed by atoms with Crippen LogP contribution in [0.5, 0.6) is 0 Å². The van der Waals surface area contributed by atoms with Gasteiger partial charge in [0.05, 0.1) is 10.7 Å². The molecule has 6 nitrogen and oxygen atoms in total. The summed E-state index contributed by atoms with van der Waals surface area (Å²) in [5, 5.41) is 10.9. The second-order valence-electron chi connectivity index (χ2n) is 4.81. The number of nitrogens with zero attached hydrogens (tertiary/aromatic N) is 1. The van der Waals surface area contributed by atoms with Crippen molar-refractivity contribution in [3.8, 4) is 0 Å². The van der Waals surface area contributed by atoms with Crippen molar-refractivity contribution in [1.82, 2.24) is 4.72 Å². The van der Waals surface area contributed by atoms with E-state index in [-0.39, 0.29) is 17.8 Å². The first-order valence-corrected chi connectivity index (χ1v) is 9.61. The molecule has 0 fully saturated rings. The summed E-state index contributed by atoms with van der Waals surface area (Å²) < 4.78 is 26.7. The van der Waals surface area contributed by atoms with Crippen LogP contribution in [0.25, 0.3) is 0 Å². The zero-order valence-corrected chi connectivity index (χ0v) is 14.1. The molecular weight excluding hydrogens is 336 g/mol. The molecule has 2 aromatic carbocycles. The van der Waals surface area contributed by atoms with Crippen molar-refractivity contribution in [1.29, 1.82) is 0 Å². The monoisotopic (exact) mass is 352 g/mol. The van der Waals surface area contributed by atoms with E-state index in [0.717, 1.165) is 10.5 Å². The van der Waals surface area contributed by atoms with Crippen LogP contribution >= 0.6 is 11.8 Å². The van der Waals surface area contributed by atoms with E-state index in [1.165, 1.54) is 18.2 Å². The van der Waals surface area contributed by atoms with E-state index in [2.05, 4.69) is 4.72 Å². The maximum atomic E-state index is 12.1. The van der Waals surface area contributed by atoms with Gasteiger partial charge in [-0.05, 0) is 24.0 Å². The number of nitro groups is 1. The minimum absolute atomic E-state index is 0.150. The van der Waals surface area contributed by atoms with E-state index in [1.807, 2.05) is 30.5 Å². The minimum atomic E-state index is -3.66. The molecule has 2 rings (SSSR count). The van der Waals surface area contributed by atoms with E-state index in [1.54, 1.807) is 17.8 Å².